The largest absolute Gasteiger partial charge is 0.301 e. The molecule has 1 heteroatoms. The Labute approximate surface area is 111 Å². The Hall–Kier alpha value is -0.300. The quantitative estimate of drug-likeness (QED) is 0.590. The van der Waals surface area contributed by atoms with Crippen LogP contribution in [0.2, 0.25) is 0 Å². The highest BCUT2D eigenvalue weighted by Gasteiger charge is 2.14. The van der Waals surface area contributed by atoms with Crippen molar-refractivity contribution in [2.24, 2.45) is 0 Å². The summed E-state index contributed by atoms with van der Waals surface area (Å²) in [5.41, 5.74) is 0. The molecule has 0 saturated carbocycles. The maximum Gasteiger partial charge on any atom is 0.0132 e. The summed E-state index contributed by atoms with van der Waals surface area (Å²) in [7, 11) is 0. The van der Waals surface area contributed by atoms with Crippen molar-refractivity contribution < 1.29 is 0 Å². The van der Waals surface area contributed by atoms with Gasteiger partial charge in [0, 0.05) is 6.04 Å². The van der Waals surface area contributed by atoms with Gasteiger partial charge in [0.25, 0.3) is 0 Å². The van der Waals surface area contributed by atoms with E-state index in [1.165, 1.54) is 32.4 Å². The Bertz CT molecular complexity index is 125. The van der Waals surface area contributed by atoms with Crippen molar-refractivity contribution in [3.8, 4) is 0 Å². The van der Waals surface area contributed by atoms with Gasteiger partial charge in [0.2, 0.25) is 0 Å². The van der Waals surface area contributed by atoms with Gasteiger partial charge in [-0.2, -0.15) is 0 Å². The zero-order valence-corrected chi connectivity index (χ0v) is 13.7. The molecule has 1 aliphatic rings. The van der Waals surface area contributed by atoms with Crippen LogP contribution in [0.25, 0.3) is 0 Å². The van der Waals surface area contributed by atoms with Gasteiger partial charge in [-0.05, 0) is 32.4 Å². The minimum atomic E-state index is 0.829. The molecule has 0 amide bonds. The summed E-state index contributed by atoms with van der Waals surface area (Å²) in [6, 6.07) is 0.829. The van der Waals surface area contributed by atoms with Crippen molar-refractivity contribution in [1.82, 2.24) is 4.90 Å². The molecule has 0 aromatic heterocycles. The van der Waals surface area contributed by atoms with Gasteiger partial charge >= 0.3 is 0 Å². The smallest absolute Gasteiger partial charge is 0.0132 e. The van der Waals surface area contributed by atoms with Crippen molar-refractivity contribution in [2.45, 2.75) is 80.7 Å². The maximum absolute atomic E-state index is 2.56. The van der Waals surface area contributed by atoms with Gasteiger partial charge in [0.1, 0.15) is 0 Å². The number of hydrogen-bond donors (Lipinski definition) is 0. The average molecular weight is 243 g/mol. The zero-order valence-electron chi connectivity index (χ0n) is 13.7. The predicted molar refractivity (Wildman–Crippen MR) is 83.7 cm³/mol. The average Bonchev–Trinajstić information content (AvgIpc) is 2.48. The molecule has 0 fully saturated rings. The van der Waals surface area contributed by atoms with E-state index in [1.807, 2.05) is 41.5 Å². The summed E-state index contributed by atoms with van der Waals surface area (Å²) in [5, 5.41) is 0. The third kappa shape index (κ3) is 12.0. The second-order valence-corrected chi connectivity index (χ2v) is 3.16. The van der Waals surface area contributed by atoms with E-state index in [9.17, 15) is 0 Å². The molecule has 1 atom stereocenters. The SMILES string of the molecule is CC.CC.CC.CCN(CC)C1CC=CCC1. The van der Waals surface area contributed by atoms with Gasteiger partial charge in [-0.25, -0.2) is 0 Å². The Morgan fingerprint density at radius 1 is 0.882 bits per heavy atom. The molecule has 0 aromatic carbocycles. The number of hydrogen-bond acceptors (Lipinski definition) is 1. The molecule has 0 aromatic rings. The standard InChI is InChI=1S/C10H19N.3C2H6/c1-3-11(4-2)10-8-6-5-7-9-10;3*1-2/h5-6,10H,3-4,7-9H2,1-2H3;3*1-2H3. The molecule has 0 radical (unpaired) electrons. The van der Waals surface area contributed by atoms with E-state index in [0.29, 0.717) is 0 Å². The monoisotopic (exact) mass is 243 g/mol. The van der Waals surface area contributed by atoms with Crippen LogP contribution in [-0.2, 0) is 0 Å². The number of allylic oxidation sites excluding steroid dienone is 1. The van der Waals surface area contributed by atoms with E-state index in [0.717, 1.165) is 6.04 Å². The minimum absolute atomic E-state index is 0.829. The molecule has 0 bridgehead atoms. The molecule has 17 heavy (non-hydrogen) atoms. The molecule has 1 rings (SSSR count). The summed E-state index contributed by atoms with van der Waals surface area (Å²) in [5.74, 6) is 0. The lowest BCUT2D eigenvalue weighted by molar-refractivity contribution is 0.204. The van der Waals surface area contributed by atoms with Crippen LogP contribution in [0, 0.1) is 0 Å². The fourth-order valence-electron chi connectivity index (χ4n) is 1.85. The van der Waals surface area contributed by atoms with Crippen molar-refractivity contribution in [3.63, 3.8) is 0 Å². The Morgan fingerprint density at radius 3 is 1.65 bits per heavy atom. The second-order valence-electron chi connectivity index (χ2n) is 3.16. The zero-order chi connectivity index (χ0) is 14.1. The van der Waals surface area contributed by atoms with E-state index >= 15 is 0 Å². The molecular weight excluding hydrogens is 206 g/mol. The molecule has 0 spiro atoms. The molecule has 1 unspecified atom stereocenters. The fourth-order valence-corrected chi connectivity index (χ4v) is 1.85. The number of rotatable bonds is 3. The lowest BCUT2D eigenvalue weighted by atomic mass is 10.0. The van der Waals surface area contributed by atoms with Gasteiger partial charge in [-0.15, -0.1) is 0 Å². The van der Waals surface area contributed by atoms with Crippen LogP contribution in [-0.4, -0.2) is 24.0 Å². The first-order chi connectivity index (χ1) is 8.38. The molecular formula is C16H37N. The van der Waals surface area contributed by atoms with Gasteiger partial charge in [-0.3, -0.25) is 0 Å². The highest BCUT2D eigenvalue weighted by molar-refractivity contribution is 4.93. The van der Waals surface area contributed by atoms with E-state index in [2.05, 4.69) is 30.9 Å². The molecule has 0 aliphatic heterocycles. The summed E-state index contributed by atoms with van der Waals surface area (Å²) in [4.78, 5) is 2.56. The van der Waals surface area contributed by atoms with E-state index in [-0.39, 0.29) is 0 Å². The highest BCUT2D eigenvalue weighted by Crippen LogP contribution is 2.16. The molecule has 1 nitrogen and oxygen atoms in total. The topological polar surface area (TPSA) is 3.24 Å². The Balaban J connectivity index is -0.000000285. The first-order valence-electron chi connectivity index (χ1n) is 7.77. The summed E-state index contributed by atoms with van der Waals surface area (Å²) in [6.45, 7) is 18.9. The highest BCUT2D eigenvalue weighted by atomic mass is 15.1. The third-order valence-corrected chi connectivity index (χ3v) is 2.57. The second kappa shape index (κ2) is 21.0. The van der Waals surface area contributed by atoms with Crippen molar-refractivity contribution in [3.05, 3.63) is 12.2 Å². The van der Waals surface area contributed by atoms with Crippen molar-refractivity contribution in [2.75, 3.05) is 13.1 Å². The first-order valence-corrected chi connectivity index (χ1v) is 7.77. The Kier molecular flexibility index (Phi) is 27.1. The van der Waals surface area contributed by atoms with Crippen LogP contribution < -0.4 is 0 Å². The summed E-state index contributed by atoms with van der Waals surface area (Å²) < 4.78 is 0. The fraction of sp³-hybridized carbons (Fsp3) is 0.875. The van der Waals surface area contributed by atoms with Crippen LogP contribution in [0.5, 0.6) is 0 Å². The van der Waals surface area contributed by atoms with Crippen molar-refractivity contribution in [1.29, 1.82) is 0 Å². The van der Waals surface area contributed by atoms with Crippen LogP contribution in [0.4, 0.5) is 0 Å². The van der Waals surface area contributed by atoms with Crippen molar-refractivity contribution >= 4 is 0 Å². The summed E-state index contributed by atoms with van der Waals surface area (Å²) >= 11 is 0. The molecule has 0 heterocycles. The third-order valence-electron chi connectivity index (χ3n) is 2.57. The molecule has 0 N–H and O–H groups in total. The van der Waals surface area contributed by atoms with E-state index < -0.39 is 0 Å². The van der Waals surface area contributed by atoms with E-state index in [1.54, 1.807) is 0 Å². The Morgan fingerprint density at radius 2 is 1.35 bits per heavy atom. The van der Waals surface area contributed by atoms with Crippen LogP contribution in [0.3, 0.4) is 0 Å². The molecule has 0 saturated heterocycles. The van der Waals surface area contributed by atoms with Gasteiger partial charge in [0.05, 0.1) is 0 Å². The van der Waals surface area contributed by atoms with Gasteiger partial charge in [0.15, 0.2) is 0 Å². The van der Waals surface area contributed by atoms with E-state index in [4.69, 9.17) is 0 Å². The lowest BCUT2D eigenvalue weighted by Crippen LogP contribution is -2.35. The van der Waals surface area contributed by atoms with Crippen LogP contribution in [0.1, 0.15) is 74.7 Å². The normalized spacial score (nSPS) is 16.9. The predicted octanol–water partition coefficient (Wildman–Crippen LogP) is 5.52. The maximum atomic E-state index is 2.56. The molecule has 106 valence electrons. The van der Waals surface area contributed by atoms with Crippen LogP contribution in [0.15, 0.2) is 12.2 Å². The van der Waals surface area contributed by atoms with Crippen LogP contribution >= 0.6 is 0 Å². The first kappa shape index (κ1) is 21.9. The summed E-state index contributed by atoms with van der Waals surface area (Å²) in [6.07, 6.45) is 8.54. The molecule has 1 aliphatic carbocycles. The van der Waals surface area contributed by atoms with Gasteiger partial charge < -0.3 is 4.90 Å². The van der Waals surface area contributed by atoms with Gasteiger partial charge in [-0.1, -0.05) is 67.5 Å². The lowest BCUT2D eigenvalue weighted by Gasteiger charge is -2.30. The number of nitrogens with zero attached hydrogens (tertiary/aromatic N) is 1. The minimum Gasteiger partial charge on any atom is -0.301 e.